The van der Waals surface area contributed by atoms with Gasteiger partial charge in [-0.1, -0.05) is 12.1 Å². The Morgan fingerprint density at radius 3 is 2.62 bits per heavy atom. The molecule has 5 rings (SSSR count). The van der Waals surface area contributed by atoms with Gasteiger partial charge in [0.2, 0.25) is 0 Å². The molecule has 1 saturated heterocycles. The molecule has 0 unspecified atom stereocenters. The maximum atomic E-state index is 14.8. The Balaban J connectivity index is 1.63. The topological polar surface area (TPSA) is 81.6 Å². The molecule has 1 aliphatic heterocycles. The smallest absolute Gasteiger partial charge is 0.408 e. The predicted octanol–water partition coefficient (Wildman–Crippen LogP) is 3.87. The highest BCUT2D eigenvalue weighted by molar-refractivity contribution is 5.83. The summed E-state index contributed by atoms with van der Waals surface area (Å²) in [5, 5.41) is 8.23. The number of hydrogen-bond acceptors (Lipinski definition) is 6. The second-order valence-corrected chi connectivity index (χ2v) is 8.18. The van der Waals surface area contributed by atoms with Crippen LogP contribution in [0.15, 0.2) is 36.5 Å². The van der Waals surface area contributed by atoms with Gasteiger partial charge in [0.05, 0.1) is 7.11 Å². The van der Waals surface area contributed by atoms with Crippen LogP contribution in [-0.2, 0) is 0 Å². The summed E-state index contributed by atoms with van der Waals surface area (Å²) in [6.07, 6.45) is -2.75. The molecule has 7 nitrogen and oxygen atoms in total. The molecule has 1 aliphatic rings. The minimum absolute atomic E-state index is 0.00846. The van der Waals surface area contributed by atoms with Crippen LogP contribution >= 0.6 is 0 Å². The van der Waals surface area contributed by atoms with E-state index in [9.17, 15) is 22.0 Å². The Hall–Kier alpha value is -3.38. The number of hydrogen-bond donors (Lipinski definition) is 1. The quantitative estimate of drug-likeness (QED) is 0.449. The first-order valence-corrected chi connectivity index (χ1v) is 10.4. The van der Waals surface area contributed by atoms with Gasteiger partial charge >= 0.3 is 6.18 Å². The van der Waals surface area contributed by atoms with Gasteiger partial charge in [-0.3, -0.25) is 9.30 Å². The van der Waals surface area contributed by atoms with Gasteiger partial charge in [0.1, 0.15) is 17.3 Å². The fourth-order valence-electron chi connectivity index (χ4n) is 4.39. The SMILES string of the molecule is COc1c(F)cc2ccc(-c3nnc4ccc([C@@H](N5CC[C@H](N)C5)C(F)(F)F)cn34)nc2c1F. The highest BCUT2D eigenvalue weighted by atomic mass is 19.4. The number of ether oxygens (including phenoxy) is 1. The number of nitrogens with zero attached hydrogens (tertiary/aromatic N) is 5. The second kappa shape index (κ2) is 8.13. The summed E-state index contributed by atoms with van der Waals surface area (Å²) in [6.45, 7) is 0.351. The average Bonchev–Trinajstić information content (AvgIpc) is 3.39. The van der Waals surface area contributed by atoms with E-state index in [1.807, 2.05) is 0 Å². The Kier molecular flexibility index (Phi) is 5.36. The van der Waals surface area contributed by atoms with E-state index in [4.69, 9.17) is 10.5 Å². The van der Waals surface area contributed by atoms with Crippen LogP contribution in [0.1, 0.15) is 18.0 Å². The van der Waals surface area contributed by atoms with Gasteiger partial charge < -0.3 is 10.5 Å². The van der Waals surface area contributed by atoms with Gasteiger partial charge in [-0.15, -0.1) is 10.2 Å². The normalized spacial score (nSPS) is 18.1. The molecular formula is C22H19F5N6O. The Morgan fingerprint density at radius 2 is 1.94 bits per heavy atom. The van der Waals surface area contributed by atoms with E-state index in [0.29, 0.717) is 6.42 Å². The number of rotatable bonds is 4. The summed E-state index contributed by atoms with van der Waals surface area (Å²) in [6, 6.07) is 4.61. The number of alkyl halides is 3. The van der Waals surface area contributed by atoms with Crippen LogP contribution in [0.3, 0.4) is 0 Å². The first-order chi connectivity index (χ1) is 16.2. The zero-order chi connectivity index (χ0) is 24.2. The Labute approximate surface area is 190 Å². The number of methoxy groups -OCH3 is 1. The summed E-state index contributed by atoms with van der Waals surface area (Å²) in [7, 11) is 1.13. The standard InChI is InChI=1S/C22H19F5N6O/c1-34-19-14(23)8-11-2-4-15(29-18(11)17(19)24)21-31-30-16-5-3-12(9-33(16)21)20(22(25,26)27)32-7-6-13(28)10-32/h2-5,8-9,13,20H,6-7,10,28H2,1H3/t13-,20+/m0/s1. The molecule has 2 atom stereocenters. The van der Waals surface area contributed by atoms with E-state index in [1.54, 1.807) is 0 Å². The molecule has 4 aromatic rings. The summed E-state index contributed by atoms with van der Waals surface area (Å²) in [4.78, 5) is 5.54. The fraction of sp³-hybridized carbons (Fsp3) is 0.318. The van der Waals surface area contributed by atoms with E-state index in [2.05, 4.69) is 15.2 Å². The van der Waals surface area contributed by atoms with Gasteiger partial charge in [0.15, 0.2) is 28.9 Å². The lowest BCUT2D eigenvalue weighted by Gasteiger charge is -2.30. The maximum absolute atomic E-state index is 14.8. The molecule has 0 radical (unpaired) electrons. The fourth-order valence-corrected chi connectivity index (χ4v) is 4.39. The predicted molar refractivity (Wildman–Crippen MR) is 113 cm³/mol. The van der Waals surface area contributed by atoms with Crippen LogP contribution in [0.2, 0.25) is 0 Å². The number of benzene rings is 1. The molecule has 4 heterocycles. The van der Waals surface area contributed by atoms with E-state index in [0.717, 1.165) is 13.2 Å². The largest absolute Gasteiger partial charge is 0.491 e. The summed E-state index contributed by atoms with van der Waals surface area (Å²) < 4.78 is 77.0. The molecule has 1 fully saturated rings. The van der Waals surface area contributed by atoms with Crippen molar-refractivity contribution in [3.05, 3.63) is 53.7 Å². The van der Waals surface area contributed by atoms with E-state index >= 15 is 0 Å². The highest BCUT2D eigenvalue weighted by Gasteiger charge is 2.46. The lowest BCUT2D eigenvalue weighted by atomic mass is 10.1. The Bertz CT molecular complexity index is 1390. The van der Waals surface area contributed by atoms with Crippen molar-refractivity contribution in [2.24, 2.45) is 5.73 Å². The van der Waals surface area contributed by atoms with Crippen LogP contribution in [-0.4, -0.2) is 56.9 Å². The van der Waals surface area contributed by atoms with Crippen LogP contribution < -0.4 is 10.5 Å². The number of nitrogens with two attached hydrogens (primary N) is 1. The molecule has 0 amide bonds. The number of likely N-dealkylation sites (tertiary alicyclic amines) is 1. The Morgan fingerprint density at radius 1 is 1.15 bits per heavy atom. The van der Waals surface area contributed by atoms with E-state index in [-0.39, 0.29) is 52.8 Å². The van der Waals surface area contributed by atoms with Gasteiger partial charge in [-0.05, 0) is 30.2 Å². The zero-order valence-electron chi connectivity index (χ0n) is 17.9. The van der Waals surface area contributed by atoms with Crippen LogP contribution in [0.4, 0.5) is 22.0 Å². The molecule has 178 valence electrons. The molecule has 34 heavy (non-hydrogen) atoms. The minimum atomic E-state index is -4.53. The molecule has 0 spiro atoms. The van der Waals surface area contributed by atoms with Gasteiger partial charge in [0, 0.05) is 30.7 Å². The zero-order valence-corrected chi connectivity index (χ0v) is 17.9. The van der Waals surface area contributed by atoms with Gasteiger partial charge in [0.25, 0.3) is 0 Å². The molecule has 3 aromatic heterocycles. The minimum Gasteiger partial charge on any atom is -0.491 e. The van der Waals surface area contributed by atoms with Crippen molar-refractivity contribution in [3.63, 3.8) is 0 Å². The molecule has 12 heteroatoms. The first kappa shape index (κ1) is 22.4. The van der Waals surface area contributed by atoms with Crippen molar-refractivity contribution in [3.8, 4) is 17.3 Å². The van der Waals surface area contributed by atoms with Crippen LogP contribution in [0.25, 0.3) is 28.1 Å². The highest BCUT2D eigenvalue weighted by Crippen LogP contribution is 2.39. The summed E-state index contributed by atoms with van der Waals surface area (Å²) in [5.74, 6) is -2.33. The molecule has 0 bridgehead atoms. The number of fused-ring (bicyclic) bond motifs is 2. The monoisotopic (exact) mass is 478 g/mol. The van der Waals surface area contributed by atoms with E-state index in [1.165, 1.54) is 39.8 Å². The lowest BCUT2D eigenvalue weighted by Crippen LogP contribution is -2.38. The first-order valence-electron chi connectivity index (χ1n) is 10.4. The van der Waals surface area contributed by atoms with Gasteiger partial charge in [-0.2, -0.15) is 13.2 Å². The van der Waals surface area contributed by atoms with Crippen molar-refractivity contribution < 1.29 is 26.7 Å². The van der Waals surface area contributed by atoms with Crippen LogP contribution in [0.5, 0.6) is 5.75 Å². The average molecular weight is 478 g/mol. The third-order valence-electron chi connectivity index (χ3n) is 5.94. The summed E-state index contributed by atoms with van der Waals surface area (Å²) >= 11 is 0. The lowest BCUT2D eigenvalue weighted by molar-refractivity contribution is -0.183. The number of halogens is 5. The third-order valence-corrected chi connectivity index (χ3v) is 5.94. The van der Waals surface area contributed by atoms with Crippen molar-refractivity contribution >= 4 is 16.6 Å². The van der Waals surface area contributed by atoms with E-state index < -0.39 is 29.6 Å². The van der Waals surface area contributed by atoms with Crippen LogP contribution in [0, 0.1) is 11.6 Å². The maximum Gasteiger partial charge on any atom is 0.408 e. The second-order valence-electron chi connectivity index (χ2n) is 8.18. The van der Waals surface area contributed by atoms with Crippen molar-refractivity contribution in [1.82, 2.24) is 24.5 Å². The van der Waals surface area contributed by atoms with Crippen molar-refractivity contribution in [2.75, 3.05) is 20.2 Å². The number of aromatic nitrogens is 4. The number of pyridine rings is 2. The van der Waals surface area contributed by atoms with Crippen molar-refractivity contribution in [2.45, 2.75) is 24.7 Å². The molecule has 0 aliphatic carbocycles. The molecular weight excluding hydrogens is 459 g/mol. The molecule has 0 saturated carbocycles. The van der Waals surface area contributed by atoms with Crippen molar-refractivity contribution in [1.29, 1.82) is 0 Å². The van der Waals surface area contributed by atoms with Gasteiger partial charge in [-0.25, -0.2) is 13.8 Å². The summed E-state index contributed by atoms with van der Waals surface area (Å²) in [5.41, 5.74) is 6.11. The molecule has 1 aromatic carbocycles. The third kappa shape index (κ3) is 3.72. The molecule has 2 N–H and O–H groups in total.